The Kier molecular flexibility index (Phi) is 4.22. The first-order valence-corrected chi connectivity index (χ1v) is 7.48. The Bertz CT molecular complexity index is 617. The van der Waals surface area contributed by atoms with E-state index in [1.165, 1.54) is 0 Å². The molecule has 1 atom stereocenters. The molecule has 1 fully saturated rings. The summed E-state index contributed by atoms with van der Waals surface area (Å²) in [5.74, 6) is -0.0131. The van der Waals surface area contributed by atoms with Crippen molar-refractivity contribution in [1.29, 1.82) is 0 Å². The van der Waals surface area contributed by atoms with Gasteiger partial charge in [0, 0.05) is 41.8 Å². The quantitative estimate of drug-likeness (QED) is 0.777. The van der Waals surface area contributed by atoms with E-state index >= 15 is 0 Å². The molecule has 5 nitrogen and oxygen atoms in total. The van der Waals surface area contributed by atoms with Gasteiger partial charge in [0.15, 0.2) is 0 Å². The maximum absolute atomic E-state index is 12.7. The first kappa shape index (κ1) is 14.1. The van der Waals surface area contributed by atoms with Crippen molar-refractivity contribution in [2.75, 3.05) is 26.2 Å². The second-order valence-electron chi connectivity index (χ2n) is 5.55. The molecule has 1 aliphatic heterocycles. The van der Waals surface area contributed by atoms with Gasteiger partial charge in [-0.2, -0.15) is 0 Å². The van der Waals surface area contributed by atoms with Gasteiger partial charge in [-0.3, -0.25) is 4.79 Å². The van der Waals surface area contributed by atoms with Crippen molar-refractivity contribution in [2.45, 2.75) is 18.9 Å². The summed E-state index contributed by atoms with van der Waals surface area (Å²) in [7, 11) is 0. The zero-order valence-electron chi connectivity index (χ0n) is 12.0. The van der Waals surface area contributed by atoms with Gasteiger partial charge >= 0.3 is 0 Å². The molecule has 21 heavy (non-hydrogen) atoms. The lowest BCUT2D eigenvalue weighted by molar-refractivity contribution is 0.0707. The minimum Gasteiger partial charge on any atom is -0.395 e. The van der Waals surface area contributed by atoms with Gasteiger partial charge in [-0.15, -0.1) is 0 Å². The standard InChI is InChI=1S/C16H21N3O2/c20-9-8-19(11-14-2-1-6-17-14)16(21)13-3-4-15-12(10-13)5-7-18-15/h3-5,7,10,14,17-18,20H,1-2,6,8-9,11H2. The third-order valence-electron chi connectivity index (χ3n) is 4.06. The summed E-state index contributed by atoms with van der Waals surface area (Å²) in [4.78, 5) is 17.5. The van der Waals surface area contributed by atoms with Crippen molar-refractivity contribution in [3.8, 4) is 0 Å². The van der Waals surface area contributed by atoms with E-state index in [-0.39, 0.29) is 12.5 Å². The number of carbonyl (C=O) groups excluding carboxylic acids is 1. The Hall–Kier alpha value is -1.85. The average molecular weight is 287 g/mol. The molecule has 0 spiro atoms. The lowest BCUT2D eigenvalue weighted by atomic mass is 10.1. The van der Waals surface area contributed by atoms with Gasteiger partial charge in [-0.1, -0.05) is 0 Å². The normalized spacial score (nSPS) is 18.2. The van der Waals surface area contributed by atoms with Crippen molar-refractivity contribution in [3.63, 3.8) is 0 Å². The molecule has 0 aliphatic carbocycles. The zero-order valence-corrected chi connectivity index (χ0v) is 12.0. The second kappa shape index (κ2) is 6.28. The number of amides is 1. The minimum absolute atomic E-state index is 0.00907. The lowest BCUT2D eigenvalue weighted by Gasteiger charge is -2.25. The molecular weight excluding hydrogens is 266 g/mol. The summed E-state index contributed by atoms with van der Waals surface area (Å²) in [5, 5.41) is 13.7. The number of aliphatic hydroxyl groups is 1. The van der Waals surface area contributed by atoms with Crippen LogP contribution in [0.25, 0.3) is 10.9 Å². The van der Waals surface area contributed by atoms with Crippen LogP contribution < -0.4 is 5.32 Å². The number of H-pyrrole nitrogens is 1. The molecule has 1 aliphatic rings. The number of nitrogens with zero attached hydrogens (tertiary/aromatic N) is 1. The fraction of sp³-hybridized carbons (Fsp3) is 0.438. The van der Waals surface area contributed by atoms with Crippen molar-refractivity contribution in [3.05, 3.63) is 36.0 Å². The van der Waals surface area contributed by atoms with Gasteiger partial charge < -0.3 is 20.3 Å². The van der Waals surface area contributed by atoms with E-state index in [1.807, 2.05) is 30.5 Å². The number of aliphatic hydroxyl groups excluding tert-OH is 1. The number of rotatable bonds is 5. The Balaban J connectivity index is 1.78. The molecule has 1 saturated heterocycles. The van der Waals surface area contributed by atoms with E-state index in [1.54, 1.807) is 4.90 Å². The number of carbonyl (C=O) groups is 1. The predicted octanol–water partition coefficient (Wildman–Crippen LogP) is 1.35. The van der Waals surface area contributed by atoms with Crippen LogP contribution in [0.2, 0.25) is 0 Å². The fourth-order valence-corrected chi connectivity index (χ4v) is 2.94. The highest BCUT2D eigenvalue weighted by atomic mass is 16.3. The van der Waals surface area contributed by atoms with Gasteiger partial charge in [-0.05, 0) is 43.7 Å². The Labute approximate surface area is 124 Å². The molecule has 0 bridgehead atoms. The average Bonchev–Trinajstić information content (AvgIpc) is 3.16. The van der Waals surface area contributed by atoms with E-state index in [0.29, 0.717) is 24.7 Å². The summed E-state index contributed by atoms with van der Waals surface area (Å²) >= 11 is 0. The van der Waals surface area contributed by atoms with Crippen molar-refractivity contribution < 1.29 is 9.90 Å². The Morgan fingerprint density at radius 3 is 3.05 bits per heavy atom. The maximum Gasteiger partial charge on any atom is 0.254 e. The SMILES string of the molecule is O=C(c1ccc2[nH]ccc2c1)N(CCO)CC1CCCN1. The molecule has 0 saturated carbocycles. The van der Waals surface area contributed by atoms with Crippen LogP contribution in [0.4, 0.5) is 0 Å². The monoisotopic (exact) mass is 287 g/mol. The molecular formula is C16H21N3O2. The number of hydrogen-bond acceptors (Lipinski definition) is 3. The molecule has 1 aromatic carbocycles. The molecule has 1 amide bonds. The number of nitrogens with one attached hydrogen (secondary N) is 2. The Morgan fingerprint density at radius 1 is 1.38 bits per heavy atom. The van der Waals surface area contributed by atoms with Crippen LogP contribution in [0.5, 0.6) is 0 Å². The molecule has 5 heteroatoms. The van der Waals surface area contributed by atoms with E-state index in [2.05, 4.69) is 10.3 Å². The van der Waals surface area contributed by atoms with Crippen LogP contribution >= 0.6 is 0 Å². The molecule has 2 heterocycles. The zero-order chi connectivity index (χ0) is 14.7. The minimum atomic E-state index is -0.0131. The van der Waals surface area contributed by atoms with E-state index < -0.39 is 0 Å². The first-order chi connectivity index (χ1) is 10.3. The Morgan fingerprint density at radius 2 is 2.29 bits per heavy atom. The van der Waals surface area contributed by atoms with Crippen LogP contribution in [0, 0.1) is 0 Å². The fourth-order valence-electron chi connectivity index (χ4n) is 2.94. The second-order valence-corrected chi connectivity index (χ2v) is 5.55. The lowest BCUT2D eigenvalue weighted by Crippen LogP contribution is -2.42. The highest BCUT2D eigenvalue weighted by Crippen LogP contribution is 2.16. The van der Waals surface area contributed by atoms with Crippen molar-refractivity contribution >= 4 is 16.8 Å². The van der Waals surface area contributed by atoms with Gasteiger partial charge in [0.05, 0.1) is 6.61 Å². The number of aromatic amines is 1. The molecule has 0 radical (unpaired) electrons. The predicted molar refractivity (Wildman–Crippen MR) is 82.3 cm³/mol. The summed E-state index contributed by atoms with van der Waals surface area (Å²) in [6.45, 7) is 2.04. The molecule has 1 aromatic heterocycles. The molecule has 112 valence electrons. The van der Waals surface area contributed by atoms with Gasteiger partial charge in [-0.25, -0.2) is 0 Å². The number of benzene rings is 1. The third kappa shape index (κ3) is 3.09. The van der Waals surface area contributed by atoms with Crippen LogP contribution in [0.3, 0.4) is 0 Å². The van der Waals surface area contributed by atoms with E-state index in [4.69, 9.17) is 0 Å². The molecule has 3 N–H and O–H groups in total. The van der Waals surface area contributed by atoms with Crippen molar-refractivity contribution in [2.24, 2.45) is 0 Å². The smallest absolute Gasteiger partial charge is 0.254 e. The number of fused-ring (bicyclic) bond motifs is 1. The maximum atomic E-state index is 12.7. The van der Waals surface area contributed by atoms with E-state index in [9.17, 15) is 9.90 Å². The van der Waals surface area contributed by atoms with Gasteiger partial charge in [0.25, 0.3) is 5.91 Å². The third-order valence-corrected chi connectivity index (χ3v) is 4.06. The summed E-state index contributed by atoms with van der Waals surface area (Å²) in [5.41, 5.74) is 1.70. The number of aromatic nitrogens is 1. The highest BCUT2D eigenvalue weighted by Gasteiger charge is 2.22. The summed E-state index contributed by atoms with van der Waals surface area (Å²) in [6, 6.07) is 7.97. The van der Waals surface area contributed by atoms with Crippen LogP contribution in [-0.2, 0) is 0 Å². The number of hydrogen-bond donors (Lipinski definition) is 3. The van der Waals surface area contributed by atoms with Crippen LogP contribution in [0.1, 0.15) is 23.2 Å². The summed E-state index contributed by atoms with van der Waals surface area (Å²) in [6.07, 6.45) is 4.11. The van der Waals surface area contributed by atoms with Gasteiger partial charge in [0.2, 0.25) is 0 Å². The van der Waals surface area contributed by atoms with Crippen LogP contribution in [0.15, 0.2) is 30.5 Å². The van der Waals surface area contributed by atoms with Gasteiger partial charge in [0.1, 0.15) is 0 Å². The highest BCUT2D eigenvalue weighted by molar-refractivity contribution is 5.98. The van der Waals surface area contributed by atoms with E-state index in [0.717, 1.165) is 30.3 Å². The topological polar surface area (TPSA) is 68.4 Å². The molecule has 1 unspecified atom stereocenters. The largest absolute Gasteiger partial charge is 0.395 e. The molecule has 3 rings (SSSR count). The molecule has 2 aromatic rings. The van der Waals surface area contributed by atoms with Crippen LogP contribution in [-0.4, -0.2) is 53.2 Å². The first-order valence-electron chi connectivity index (χ1n) is 7.48. The summed E-state index contributed by atoms with van der Waals surface area (Å²) < 4.78 is 0. The van der Waals surface area contributed by atoms with Crippen molar-refractivity contribution in [1.82, 2.24) is 15.2 Å².